The lowest BCUT2D eigenvalue weighted by Crippen LogP contribution is -2.23. The van der Waals surface area contributed by atoms with Crippen molar-refractivity contribution >= 4 is 21.6 Å². The van der Waals surface area contributed by atoms with E-state index in [0.717, 1.165) is 23.2 Å². The molecule has 0 bridgehead atoms. The molecule has 0 saturated heterocycles. The molecule has 0 fully saturated rings. The van der Waals surface area contributed by atoms with Gasteiger partial charge in [-0.2, -0.15) is 0 Å². The van der Waals surface area contributed by atoms with Gasteiger partial charge >= 0.3 is 0 Å². The highest BCUT2D eigenvalue weighted by atomic mass is 32.2. The number of nitrogens with zero attached hydrogens (tertiary/aromatic N) is 1. The normalized spacial score (nSPS) is 11.5. The monoisotopic (exact) mass is 437 g/mol. The number of hydrogen-bond acceptors (Lipinski definition) is 4. The summed E-state index contributed by atoms with van der Waals surface area (Å²) >= 11 is 0. The van der Waals surface area contributed by atoms with Crippen molar-refractivity contribution < 1.29 is 13.2 Å². The first-order chi connectivity index (χ1) is 14.7. The van der Waals surface area contributed by atoms with Crippen molar-refractivity contribution in [2.45, 2.75) is 24.9 Å². The number of carbonyl (C=O) groups excluding carboxylic acids is 1. The number of hydrogen-bond donors (Lipinski definition) is 2. The fourth-order valence-corrected chi connectivity index (χ4v) is 4.29. The van der Waals surface area contributed by atoms with Gasteiger partial charge in [0.25, 0.3) is 0 Å². The number of rotatable bonds is 8. The van der Waals surface area contributed by atoms with Gasteiger partial charge in [-0.05, 0) is 60.6 Å². The summed E-state index contributed by atoms with van der Waals surface area (Å²) in [6, 6.07) is 22.2. The zero-order chi connectivity index (χ0) is 22.4. The second-order valence-corrected chi connectivity index (χ2v) is 9.39. The van der Waals surface area contributed by atoms with E-state index in [1.165, 1.54) is 24.6 Å². The molecular formula is C24H27N3O3S. The highest BCUT2D eigenvalue weighted by molar-refractivity contribution is 7.89. The lowest BCUT2D eigenvalue weighted by atomic mass is 9.99. The third-order valence-electron chi connectivity index (χ3n) is 4.72. The third kappa shape index (κ3) is 6.24. The van der Waals surface area contributed by atoms with Gasteiger partial charge in [-0.1, -0.05) is 48.5 Å². The van der Waals surface area contributed by atoms with Crippen LogP contribution in [0.4, 0.5) is 5.69 Å². The highest BCUT2D eigenvalue weighted by Gasteiger charge is 2.15. The standard InChI is InChI=1S/C24H27N3O3S/c1-18(28)26-22-12-14-23(15-13-22)31(29,30)25-16-21-6-4-5-7-24(21)20-10-8-19(9-11-20)17-27(2)3/h4-15,25H,16-17H2,1-3H3,(H,26,28). The maximum absolute atomic E-state index is 12.7. The quantitative estimate of drug-likeness (QED) is 0.561. The summed E-state index contributed by atoms with van der Waals surface area (Å²) in [5.41, 5.74) is 4.69. The minimum Gasteiger partial charge on any atom is -0.326 e. The van der Waals surface area contributed by atoms with Crippen molar-refractivity contribution in [1.82, 2.24) is 9.62 Å². The van der Waals surface area contributed by atoms with E-state index in [2.05, 4.69) is 39.2 Å². The van der Waals surface area contributed by atoms with E-state index in [9.17, 15) is 13.2 Å². The fourth-order valence-electron chi connectivity index (χ4n) is 3.29. The van der Waals surface area contributed by atoms with E-state index in [4.69, 9.17) is 0 Å². The van der Waals surface area contributed by atoms with Crippen molar-refractivity contribution in [2.24, 2.45) is 0 Å². The molecule has 2 N–H and O–H groups in total. The molecule has 6 nitrogen and oxygen atoms in total. The molecule has 0 unspecified atom stereocenters. The molecule has 7 heteroatoms. The molecule has 0 aliphatic rings. The fraction of sp³-hybridized carbons (Fsp3) is 0.208. The topological polar surface area (TPSA) is 78.5 Å². The number of carbonyl (C=O) groups is 1. The van der Waals surface area contributed by atoms with Crippen molar-refractivity contribution in [3.8, 4) is 11.1 Å². The van der Waals surface area contributed by atoms with Crippen molar-refractivity contribution in [1.29, 1.82) is 0 Å². The predicted molar refractivity (Wildman–Crippen MR) is 124 cm³/mol. The second-order valence-electron chi connectivity index (χ2n) is 7.62. The Morgan fingerprint density at radius 3 is 2.16 bits per heavy atom. The molecule has 3 aromatic carbocycles. The largest absolute Gasteiger partial charge is 0.326 e. The molecule has 1 amide bonds. The van der Waals surface area contributed by atoms with Crippen LogP contribution >= 0.6 is 0 Å². The zero-order valence-corrected chi connectivity index (χ0v) is 18.7. The summed E-state index contributed by atoms with van der Waals surface area (Å²) in [4.78, 5) is 13.4. The van der Waals surface area contributed by atoms with Gasteiger partial charge in [0.1, 0.15) is 0 Å². The number of sulfonamides is 1. The lowest BCUT2D eigenvalue weighted by Gasteiger charge is -2.13. The average molecular weight is 438 g/mol. The Kier molecular flexibility index (Phi) is 7.22. The van der Waals surface area contributed by atoms with Gasteiger partial charge < -0.3 is 10.2 Å². The van der Waals surface area contributed by atoms with E-state index in [1.807, 2.05) is 38.4 Å². The van der Waals surface area contributed by atoms with E-state index in [-0.39, 0.29) is 17.3 Å². The first kappa shape index (κ1) is 22.7. The summed E-state index contributed by atoms with van der Waals surface area (Å²) in [5, 5.41) is 2.62. The Balaban J connectivity index is 1.75. The lowest BCUT2D eigenvalue weighted by molar-refractivity contribution is -0.114. The number of nitrogens with one attached hydrogen (secondary N) is 2. The SMILES string of the molecule is CC(=O)Nc1ccc(S(=O)(=O)NCc2ccccc2-c2ccc(CN(C)C)cc2)cc1. The van der Waals surface area contributed by atoms with E-state index in [0.29, 0.717) is 5.69 Å². The number of anilines is 1. The van der Waals surface area contributed by atoms with Gasteiger partial charge in [0.15, 0.2) is 0 Å². The molecule has 31 heavy (non-hydrogen) atoms. The van der Waals surface area contributed by atoms with Gasteiger partial charge in [-0.15, -0.1) is 0 Å². The second kappa shape index (κ2) is 9.87. The molecule has 0 radical (unpaired) electrons. The summed E-state index contributed by atoms with van der Waals surface area (Å²) in [7, 11) is 0.370. The molecule has 0 atom stereocenters. The maximum Gasteiger partial charge on any atom is 0.240 e. The van der Waals surface area contributed by atoms with Gasteiger partial charge in [-0.25, -0.2) is 13.1 Å². The van der Waals surface area contributed by atoms with Crippen LogP contribution in [0.1, 0.15) is 18.1 Å². The minimum absolute atomic E-state index is 0.145. The number of amides is 1. The summed E-state index contributed by atoms with van der Waals surface area (Å²) < 4.78 is 28.1. The number of benzene rings is 3. The molecule has 162 valence electrons. The van der Waals surface area contributed by atoms with Gasteiger partial charge in [0, 0.05) is 25.7 Å². The van der Waals surface area contributed by atoms with Crippen LogP contribution in [0.5, 0.6) is 0 Å². The Morgan fingerprint density at radius 2 is 1.55 bits per heavy atom. The Morgan fingerprint density at radius 1 is 0.903 bits per heavy atom. The molecule has 0 saturated carbocycles. The van der Waals surface area contributed by atoms with Crippen molar-refractivity contribution in [3.05, 3.63) is 83.9 Å². The molecule has 0 aromatic heterocycles. The summed E-state index contributed by atoms with van der Waals surface area (Å²) in [6.07, 6.45) is 0. The molecule has 3 aromatic rings. The first-order valence-electron chi connectivity index (χ1n) is 9.94. The maximum atomic E-state index is 12.7. The van der Waals surface area contributed by atoms with E-state index >= 15 is 0 Å². The molecule has 0 aliphatic heterocycles. The van der Waals surface area contributed by atoms with Crippen LogP contribution in [0.2, 0.25) is 0 Å². The summed E-state index contributed by atoms with van der Waals surface area (Å²) in [6.45, 7) is 2.44. The average Bonchev–Trinajstić information content (AvgIpc) is 2.73. The van der Waals surface area contributed by atoms with Crippen LogP contribution in [0, 0.1) is 0 Å². The predicted octanol–water partition coefficient (Wildman–Crippen LogP) is 3.85. The third-order valence-corrected chi connectivity index (χ3v) is 6.14. The van der Waals surface area contributed by atoms with Crippen LogP contribution < -0.4 is 10.0 Å². The summed E-state index contributed by atoms with van der Waals surface area (Å²) in [5.74, 6) is -0.208. The minimum atomic E-state index is -3.69. The molecule has 0 aliphatic carbocycles. The van der Waals surface area contributed by atoms with E-state index < -0.39 is 10.0 Å². The Bertz CT molecular complexity index is 1140. The van der Waals surface area contributed by atoms with E-state index in [1.54, 1.807) is 12.1 Å². The van der Waals surface area contributed by atoms with Crippen molar-refractivity contribution in [2.75, 3.05) is 19.4 Å². The molecule has 3 rings (SSSR count). The van der Waals surface area contributed by atoms with Crippen LogP contribution in [-0.4, -0.2) is 33.3 Å². The molecule has 0 heterocycles. The first-order valence-corrected chi connectivity index (χ1v) is 11.4. The van der Waals surface area contributed by atoms with Gasteiger partial charge in [0.05, 0.1) is 4.90 Å². The van der Waals surface area contributed by atoms with Crippen molar-refractivity contribution in [3.63, 3.8) is 0 Å². The highest BCUT2D eigenvalue weighted by Crippen LogP contribution is 2.25. The van der Waals surface area contributed by atoms with Crippen LogP contribution in [-0.2, 0) is 27.9 Å². The Hall–Kier alpha value is -3.00. The van der Waals surface area contributed by atoms with Gasteiger partial charge in [-0.3, -0.25) is 4.79 Å². The van der Waals surface area contributed by atoms with Crippen LogP contribution in [0.3, 0.4) is 0 Å². The van der Waals surface area contributed by atoms with Crippen LogP contribution in [0.15, 0.2) is 77.7 Å². The zero-order valence-electron chi connectivity index (χ0n) is 17.9. The smallest absolute Gasteiger partial charge is 0.240 e. The molecule has 0 spiro atoms. The Labute approximate surface area is 184 Å². The molecular weight excluding hydrogens is 410 g/mol. The van der Waals surface area contributed by atoms with Gasteiger partial charge in [0.2, 0.25) is 15.9 Å². The van der Waals surface area contributed by atoms with Crippen LogP contribution in [0.25, 0.3) is 11.1 Å².